The van der Waals surface area contributed by atoms with E-state index < -0.39 is 11.7 Å². The third kappa shape index (κ3) is 4.75. The van der Waals surface area contributed by atoms with Crippen LogP contribution in [0.5, 0.6) is 0 Å². The fourth-order valence-electron chi connectivity index (χ4n) is 2.44. The summed E-state index contributed by atoms with van der Waals surface area (Å²) in [5.41, 5.74) is 1.87. The molecule has 27 heavy (non-hydrogen) atoms. The van der Waals surface area contributed by atoms with Crippen LogP contribution < -0.4 is 16.3 Å². The van der Waals surface area contributed by atoms with E-state index in [0.717, 1.165) is 0 Å². The molecule has 3 rings (SSSR count). The van der Waals surface area contributed by atoms with Crippen LogP contribution in [-0.4, -0.2) is 27.6 Å². The number of carbonyl (C=O) groups is 2. The molecule has 0 spiro atoms. The first-order chi connectivity index (χ1) is 12.7. The molecule has 2 aromatic carbocycles. The number of aromatic amines is 2. The molecule has 2 amide bonds. The lowest BCUT2D eigenvalue weighted by Gasteiger charge is -2.19. The minimum atomic E-state index is -0.589. The molecule has 3 aromatic rings. The van der Waals surface area contributed by atoms with E-state index in [2.05, 4.69) is 20.6 Å². The SMILES string of the molecule is CC(C)(C)OC(=O)Nc1ccc(C(=O)Nc2ccc3[nH]c(=O)[nH]c3c2)cc1. The standard InChI is InChI=1S/C19H20N4O4/c1-19(2,3)27-18(26)21-12-6-4-11(5-7-12)16(24)20-13-8-9-14-15(10-13)23-17(25)22-14/h4-10H,1-3H3,(H,20,24)(H,21,26)(H2,22,23,25). The summed E-state index contributed by atoms with van der Waals surface area (Å²) in [6.07, 6.45) is -0.562. The van der Waals surface area contributed by atoms with Crippen molar-refractivity contribution in [2.45, 2.75) is 26.4 Å². The summed E-state index contributed by atoms with van der Waals surface area (Å²) in [4.78, 5) is 40.7. The highest BCUT2D eigenvalue weighted by molar-refractivity contribution is 6.05. The fourth-order valence-corrected chi connectivity index (χ4v) is 2.44. The van der Waals surface area contributed by atoms with E-state index in [9.17, 15) is 14.4 Å². The van der Waals surface area contributed by atoms with Gasteiger partial charge in [-0.05, 0) is 63.2 Å². The number of aromatic nitrogens is 2. The zero-order chi connectivity index (χ0) is 19.6. The van der Waals surface area contributed by atoms with Gasteiger partial charge in [0.1, 0.15) is 5.60 Å². The minimum Gasteiger partial charge on any atom is -0.444 e. The summed E-state index contributed by atoms with van der Waals surface area (Å²) in [5.74, 6) is -0.309. The summed E-state index contributed by atoms with van der Waals surface area (Å²) >= 11 is 0. The second-order valence-electron chi connectivity index (χ2n) is 7.00. The van der Waals surface area contributed by atoms with Gasteiger partial charge in [0.2, 0.25) is 0 Å². The van der Waals surface area contributed by atoms with Crippen molar-refractivity contribution in [1.82, 2.24) is 9.97 Å². The van der Waals surface area contributed by atoms with Crippen LogP contribution in [0.15, 0.2) is 47.3 Å². The van der Waals surface area contributed by atoms with Crippen molar-refractivity contribution >= 4 is 34.4 Å². The van der Waals surface area contributed by atoms with Crippen LogP contribution in [0.25, 0.3) is 11.0 Å². The molecule has 0 aliphatic rings. The number of rotatable bonds is 3. The van der Waals surface area contributed by atoms with Gasteiger partial charge in [-0.15, -0.1) is 0 Å². The molecule has 0 saturated heterocycles. The first-order valence-corrected chi connectivity index (χ1v) is 8.33. The number of hydrogen-bond donors (Lipinski definition) is 4. The van der Waals surface area contributed by atoms with Crippen LogP contribution >= 0.6 is 0 Å². The third-order valence-corrected chi connectivity index (χ3v) is 3.57. The maximum atomic E-state index is 12.4. The van der Waals surface area contributed by atoms with Crippen molar-refractivity contribution in [2.24, 2.45) is 0 Å². The Bertz CT molecular complexity index is 1040. The highest BCUT2D eigenvalue weighted by Crippen LogP contribution is 2.17. The van der Waals surface area contributed by atoms with Crippen molar-refractivity contribution in [3.8, 4) is 0 Å². The molecule has 0 saturated carbocycles. The predicted molar refractivity (Wildman–Crippen MR) is 103 cm³/mol. The summed E-state index contributed by atoms with van der Waals surface area (Å²) in [6, 6.07) is 11.5. The van der Waals surface area contributed by atoms with Crippen LogP contribution in [0.3, 0.4) is 0 Å². The van der Waals surface area contributed by atoms with Crippen LogP contribution in [-0.2, 0) is 4.74 Å². The Kier molecular flexibility index (Phi) is 4.72. The zero-order valence-electron chi connectivity index (χ0n) is 15.2. The Labute approximate surface area is 154 Å². The average Bonchev–Trinajstić information content (AvgIpc) is 2.93. The van der Waals surface area contributed by atoms with E-state index in [1.54, 1.807) is 63.2 Å². The molecule has 4 N–H and O–H groups in total. The van der Waals surface area contributed by atoms with Crippen LogP contribution in [0, 0.1) is 0 Å². The quantitative estimate of drug-likeness (QED) is 0.566. The summed E-state index contributed by atoms with van der Waals surface area (Å²) in [7, 11) is 0. The predicted octanol–water partition coefficient (Wildman–Crippen LogP) is 3.46. The van der Waals surface area contributed by atoms with E-state index in [4.69, 9.17) is 4.74 Å². The molecule has 0 unspecified atom stereocenters. The van der Waals surface area contributed by atoms with Gasteiger partial charge in [-0.3, -0.25) is 10.1 Å². The van der Waals surface area contributed by atoms with Crippen LogP contribution in [0.1, 0.15) is 31.1 Å². The Morgan fingerprint density at radius 2 is 1.52 bits per heavy atom. The lowest BCUT2D eigenvalue weighted by Crippen LogP contribution is -2.27. The number of fused-ring (bicyclic) bond motifs is 1. The molecule has 1 heterocycles. The number of anilines is 2. The van der Waals surface area contributed by atoms with Gasteiger partial charge in [-0.1, -0.05) is 0 Å². The smallest absolute Gasteiger partial charge is 0.412 e. The molecule has 1 aromatic heterocycles. The maximum absolute atomic E-state index is 12.4. The molecule has 0 aliphatic carbocycles. The highest BCUT2D eigenvalue weighted by Gasteiger charge is 2.16. The van der Waals surface area contributed by atoms with Gasteiger partial charge in [-0.25, -0.2) is 9.59 Å². The summed E-state index contributed by atoms with van der Waals surface area (Å²) in [6.45, 7) is 5.33. The van der Waals surface area contributed by atoms with E-state index in [1.165, 1.54) is 0 Å². The highest BCUT2D eigenvalue weighted by atomic mass is 16.6. The minimum absolute atomic E-state index is 0.304. The summed E-state index contributed by atoms with van der Waals surface area (Å²) < 4.78 is 5.18. The van der Waals surface area contributed by atoms with Gasteiger partial charge in [0.05, 0.1) is 11.0 Å². The van der Waals surface area contributed by atoms with Crippen molar-refractivity contribution < 1.29 is 14.3 Å². The molecular weight excluding hydrogens is 348 g/mol. The van der Waals surface area contributed by atoms with E-state index in [0.29, 0.717) is 28.0 Å². The molecule has 0 aliphatic heterocycles. The summed E-state index contributed by atoms with van der Waals surface area (Å²) in [5, 5.41) is 5.37. The topological polar surface area (TPSA) is 116 Å². The number of carbonyl (C=O) groups excluding carboxylic acids is 2. The Hall–Kier alpha value is -3.55. The number of H-pyrrole nitrogens is 2. The maximum Gasteiger partial charge on any atom is 0.412 e. The Balaban J connectivity index is 1.66. The molecule has 0 fully saturated rings. The van der Waals surface area contributed by atoms with Gasteiger partial charge >= 0.3 is 11.8 Å². The van der Waals surface area contributed by atoms with Gasteiger partial charge in [0, 0.05) is 16.9 Å². The number of amides is 2. The molecule has 8 heteroatoms. The first-order valence-electron chi connectivity index (χ1n) is 8.33. The fraction of sp³-hybridized carbons (Fsp3) is 0.211. The van der Waals surface area contributed by atoms with Crippen LogP contribution in [0.2, 0.25) is 0 Å². The average molecular weight is 368 g/mol. The van der Waals surface area contributed by atoms with Crippen molar-refractivity contribution in [2.75, 3.05) is 10.6 Å². The van der Waals surface area contributed by atoms with E-state index in [1.807, 2.05) is 0 Å². The van der Waals surface area contributed by atoms with Crippen molar-refractivity contribution in [3.63, 3.8) is 0 Å². The third-order valence-electron chi connectivity index (χ3n) is 3.57. The number of ether oxygens (including phenoxy) is 1. The molecule has 8 nitrogen and oxygen atoms in total. The number of benzene rings is 2. The first kappa shape index (κ1) is 18.2. The number of imidazole rings is 1. The molecule has 0 radical (unpaired) electrons. The van der Waals surface area contributed by atoms with Gasteiger partial charge in [0.15, 0.2) is 0 Å². The Morgan fingerprint density at radius 1 is 0.889 bits per heavy atom. The lowest BCUT2D eigenvalue weighted by atomic mass is 10.2. The second-order valence-corrected chi connectivity index (χ2v) is 7.00. The number of hydrogen-bond acceptors (Lipinski definition) is 4. The lowest BCUT2D eigenvalue weighted by molar-refractivity contribution is 0.0636. The molecular formula is C19H20N4O4. The van der Waals surface area contributed by atoms with E-state index >= 15 is 0 Å². The monoisotopic (exact) mass is 368 g/mol. The molecule has 0 atom stereocenters. The Morgan fingerprint density at radius 3 is 2.19 bits per heavy atom. The van der Waals surface area contributed by atoms with Crippen LogP contribution in [0.4, 0.5) is 16.2 Å². The van der Waals surface area contributed by atoms with E-state index in [-0.39, 0.29) is 11.6 Å². The zero-order valence-corrected chi connectivity index (χ0v) is 15.2. The van der Waals surface area contributed by atoms with Gasteiger partial charge in [-0.2, -0.15) is 0 Å². The second kappa shape index (κ2) is 6.99. The normalized spacial score (nSPS) is 11.2. The van der Waals surface area contributed by atoms with Gasteiger partial charge in [0.25, 0.3) is 5.91 Å². The van der Waals surface area contributed by atoms with Crippen molar-refractivity contribution in [1.29, 1.82) is 0 Å². The molecule has 0 bridgehead atoms. The van der Waals surface area contributed by atoms with Gasteiger partial charge < -0.3 is 20.0 Å². The molecule has 140 valence electrons. The number of nitrogens with one attached hydrogen (secondary N) is 4. The van der Waals surface area contributed by atoms with Crippen molar-refractivity contribution in [3.05, 3.63) is 58.5 Å². The largest absolute Gasteiger partial charge is 0.444 e.